The first-order valence-corrected chi connectivity index (χ1v) is 3.94. The van der Waals surface area contributed by atoms with E-state index >= 15 is 0 Å². The molecular formula is C9H12O. The summed E-state index contributed by atoms with van der Waals surface area (Å²) in [5.74, 6) is 0. The average Bonchev–Trinajstić information content (AvgIpc) is 2.30. The highest BCUT2D eigenvalue weighted by Crippen LogP contribution is 2.24. The summed E-state index contributed by atoms with van der Waals surface area (Å²) < 4.78 is 5.66. The Bertz CT molecular complexity index is 170. The fraction of sp³-hybridized carbons (Fsp3) is 0.556. The normalized spacial score (nSPS) is 44.0. The Morgan fingerprint density at radius 3 is 3.20 bits per heavy atom. The molecule has 2 bridgehead atoms. The molecular weight excluding hydrogens is 124 g/mol. The monoisotopic (exact) mass is 136 g/mol. The first-order valence-electron chi connectivity index (χ1n) is 3.94. The van der Waals surface area contributed by atoms with Gasteiger partial charge in [-0.2, -0.15) is 0 Å². The first-order chi connectivity index (χ1) is 4.95. The van der Waals surface area contributed by atoms with Crippen molar-refractivity contribution in [2.45, 2.75) is 31.5 Å². The number of hydrogen-bond acceptors (Lipinski definition) is 1. The van der Waals surface area contributed by atoms with Gasteiger partial charge in [0.05, 0.1) is 12.2 Å². The first kappa shape index (κ1) is 6.17. The number of fused-ring (bicyclic) bond motifs is 2. The van der Waals surface area contributed by atoms with Crippen molar-refractivity contribution < 1.29 is 4.74 Å². The van der Waals surface area contributed by atoms with E-state index in [1.54, 1.807) is 0 Å². The van der Waals surface area contributed by atoms with E-state index < -0.39 is 0 Å². The van der Waals surface area contributed by atoms with Gasteiger partial charge in [0.25, 0.3) is 0 Å². The maximum Gasteiger partial charge on any atom is 0.0763 e. The van der Waals surface area contributed by atoms with E-state index in [9.17, 15) is 0 Å². The molecule has 0 aromatic heterocycles. The van der Waals surface area contributed by atoms with Crippen molar-refractivity contribution in [3.05, 3.63) is 24.3 Å². The van der Waals surface area contributed by atoms with Gasteiger partial charge < -0.3 is 4.74 Å². The summed E-state index contributed by atoms with van der Waals surface area (Å²) in [5, 5.41) is 0. The van der Waals surface area contributed by atoms with Crippen molar-refractivity contribution in [1.29, 1.82) is 0 Å². The van der Waals surface area contributed by atoms with Crippen LogP contribution in [-0.2, 0) is 4.74 Å². The minimum absolute atomic E-state index is 0.412. The second-order valence-electron chi connectivity index (χ2n) is 2.92. The molecule has 1 heteroatoms. The van der Waals surface area contributed by atoms with Crippen LogP contribution in [0.3, 0.4) is 0 Å². The van der Waals surface area contributed by atoms with Crippen molar-refractivity contribution in [2.75, 3.05) is 0 Å². The molecule has 2 aliphatic rings. The molecule has 0 saturated carbocycles. The van der Waals surface area contributed by atoms with Crippen LogP contribution in [-0.4, -0.2) is 12.2 Å². The Kier molecular flexibility index (Phi) is 1.60. The van der Waals surface area contributed by atoms with Crippen LogP contribution in [0.2, 0.25) is 0 Å². The second kappa shape index (κ2) is 2.59. The van der Waals surface area contributed by atoms with Crippen molar-refractivity contribution in [2.24, 2.45) is 0 Å². The average molecular weight is 136 g/mol. The van der Waals surface area contributed by atoms with E-state index in [2.05, 4.69) is 24.3 Å². The molecule has 2 aliphatic heterocycles. The summed E-state index contributed by atoms with van der Waals surface area (Å²) in [5.41, 5.74) is 0. The van der Waals surface area contributed by atoms with E-state index in [1.165, 1.54) is 12.8 Å². The molecule has 10 heavy (non-hydrogen) atoms. The zero-order chi connectivity index (χ0) is 6.81. The third-order valence-electron chi connectivity index (χ3n) is 2.11. The summed E-state index contributed by atoms with van der Waals surface area (Å²) >= 11 is 0. The predicted molar refractivity (Wildman–Crippen MR) is 40.8 cm³/mol. The number of rotatable bonds is 0. The van der Waals surface area contributed by atoms with Crippen LogP contribution in [0.1, 0.15) is 19.3 Å². The molecule has 2 atom stereocenters. The molecule has 1 saturated heterocycles. The Morgan fingerprint density at radius 1 is 1.20 bits per heavy atom. The zero-order valence-corrected chi connectivity index (χ0v) is 5.99. The highest BCUT2D eigenvalue weighted by Gasteiger charge is 2.22. The summed E-state index contributed by atoms with van der Waals surface area (Å²) in [4.78, 5) is 0. The summed E-state index contributed by atoms with van der Waals surface area (Å²) in [6, 6.07) is 0. The van der Waals surface area contributed by atoms with Gasteiger partial charge in [-0.25, -0.2) is 0 Å². The fourth-order valence-corrected chi connectivity index (χ4v) is 1.55. The number of hydrogen-bond donors (Lipinski definition) is 0. The molecule has 2 heterocycles. The molecule has 0 unspecified atom stereocenters. The van der Waals surface area contributed by atoms with E-state index in [-0.39, 0.29) is 0 Å². The molecule has 0 aromatic rings. The van der Waals surface area contributed by atoms with Crippen LogP contribution < -0.4 is 0 Å². The highest BCUT2D eigenvalue weighted by molar-refractivity contribution is 5.09. The third-order valence-corrected chi connectivity index (χ3v) is 2.11. The molecule has 0 aromatic carbocycles. The largest absolute Gasteiger partial charge is 0.371 e. The predicted octanol–water partition coefficient (Wildman–Crippen LogP) is 2.05. The lowest BCUT2D eigenvalue weighted by atomic mass is 10.1. The van der Waals surface area contributed by atoms with Crippen LogP contribution in [0.4, 0.5) is 0 Å². The standard InChI is InChI=1S/C9H12O/c1-2-4-8-6-7-9(10-8)5-3-1/h1-4,8-9H,5-7H2/b3-1-,4-2-/t8-,9+/m1/s1. The van der Waals surface area contributed by atoms with Crippen molar-refractivity contribution in [1.82, 2.24) is 0 Å². The molecule has 1 nitrogen and oxygen atoms in total. The van der Waals surface area contributed by atoms with Gasteiger partial charge in [0.2, 0.25) is 0 Å². The number of ether oxygens (including phenoxy) is 1. The van der Waals surface area contributed by atoms with Crippen LogP contribution >= 0.6 is 0 Å². The van der Waals surface area contributed by atoms with E-state index in [4.69, 9.17) is 4.74 Å². The molecule has 1 fully saturated rings. The molecule has 0 N–H and O–H groups in total. The summed E-state index contributed by atoms with van der Waals surface area (Å²) in [6.45, 7) is 0. The molecule has 2 rings (SSSR count). The number of allylic oxidation sites excluding steroid dienone is 2. The molecule has 54 valence electrons. The minimum Gasteiger partial charge on any atom is -0.371 e. The summed E-state index contributed by atoms with van der Waals surface area (Å²) in [6.07, 6.45) is 13.0. The maximum atomic E-state index is 5.66. The Hall–Kier alpha value is -0.560. The lowest BCUT2D eigenvalue weighted by Crippen LogP contribution is -2.08. The van der Waals surface area contributed by atoms with Gasteiger partial charge in [-0.3, -0.25) is 0 Å². The SMILES string of the molecule is C1=C\C[C@H]2CC[C@@H](\C=C/1)O2. The smallest absolute Gasteiger partial charge is 0.0763 e. The van der Waals surface area contributed by atoms with Gasteiger partial charge in [0, 0.05) is 0 Å². The summed E-state index contributed by atoms with van der Waals surface area (Å²) in [7, 11) is 0. The van der Waals surface area contributed by atoms with Gasteiger partial charge in [0.1, 0.15) is 0 Å². The van der Waals surface area contributed by atoms with Gasteiger partial charge in [-0.1, -0.05) is 24.3 Å². The van der Waals surface area contributed by atoms with Crippen molar-refractivity contribution in [3.63, 3.8) is 0 Å². The lowest BCUT2D eigenvalue weighted by Gasteiger charge is -2.09. The Labute approximate surface area is 61.4 Å². The fourth-order valence-electron chi connectivity index (χ4n) is 1.55. The molecule has 0 radical (unpaired) electrons. The maximum absolute atomic E-state index is 5.66. The zero-order valence-electron chi connectivity index (χ0n) is 5.99. The van der Waals surface area contributed by atoms with Crippen molar-refractivity contribution >= 4 is 0 Å². The van der Waals surface area contributed by atoms with Crippen LogP contribution in [0, 0.1) is 0 Å². The Morgan fingerprint density at radius 2 is 2.20 bits per heavy atom. The topological polar surface area (TPSA) is 9.23 Å². The van der Waals surface area contributed by atoms with E-state index in [0.717, 1.165) is 6.42 Å². The van der Waals surface area contributed by atoms with Gasteiger partial charge >= 0.3 is 0 Å². The van der Waals surface area contributed by atoms with Crippen LogP contribution in [0.25, 0.3) is 0 Å². The highest BCUT2D eigenvalue weighted by atomic mass is 16.5. The second-order valence-corrected chi connectivity index (χ2v) is 2.92. The Balaban J connectivity index is 2.13. The quantitative estimate of drug-likeness (QED) is 0.495. The van der Waals surface area contributed by atoms with Gasteiger partial charge in [-0.15, -0.1) is 0 Å². The molecule has 0 aliphatic carbocycles. The van der Waals surface area contributed by atoms with E-state index in [0.29, 0.717) is 12.2 Å². The van der Waals surface area contributed by atoms with Crippen molar-refractivity contribution in [3.8, 4) is 0 Å². The lowest BCUT2D eigenvalue weighted by molar-refractivity contribution is 0.0727. The van der Waals surface area contributed by atoms with Gasteiger partial charge in [-0.05, 0) is 19.3 Å². The van der Waals surface area contributed by atoms with Gasteiger partial charge in [0.15, 0.2) is 0 Å². The molecule has 0 amide bonds. The van der Waals surface area contributed by atoms with Crippen LogP contribution in [0.15, 0.2) is 24.3 Å². The van der Waals surface area contributed by atoms with Crippen LogP contribution in [0.5, 0.6) is 0 Å². The molecule has 0 spiro atoms. The third kappa shape index (κ3) is 1.14. The van der Waals surface area contributed by atoms with E-state index in [1.807, 2.05) is 0 Å². The minimum atomic E-state index is 0.412.